The van der Waals surface area contributed by atoms with Crippen LogP contribution in [0.1, 0.15) is 18.9 Å². The molecule has 0 radical (unpaired) electrons. The van der Waals surface area contributed by atoms with Gasteiger partial charge in [-0.05, 0) is 43.3 Å². The van der Waals surface area contributed by atoms with E-state index in [1.165, 1.54) is 0 Å². The molecule has 4 rings (SSSR count). The maximum atomic E-state index is 10.1. The van der Waals surface area contributed by atoms with Crippen LogP contribution >= 0.6 is 0 Å². The number of piperazine rings is 1. The zero-order chi connectivity index (χ0) is 19.5. The van der Waals surface area contributed by atoms with Crippen molar-refractivity contribution in [2.45, 2.75) is 13.0 Å². The summed E-state index contributed by atoms with van der Waals surface area (Å²) >= 11 is 0. The van der Waals surface area contributed by atoms with Crippen LogP contribution in [0.3, 0.4) is 0 Å². The largest absolute Gasteiger partial charge is 0.506 e. The van der Waals surface area contributed by atoms with Gasteiger partial charge in [-0.25, -0.2) is 0 Å². The second-order valence-corrected chi connectivity index (χ2v) is 6.86. The van der Waals surface area contributed by atoms with Crippen molar-refractivity contribution in [1.82, 2.24) is 15.1 Å². The molecular formula is C21H24N4O3. The molecule has 0 spiro atoms. The number of ether oxygens (including phenoxy) is 1. The first kappa shape index (κ1) is 18.3. The van der Waals surface area contributed by atoms with Gasteiger partial charge in [0.2, 0.25) is 11.8 Å². The highest BCUT2D eigenvalue weighted by molar-refractivity contribution is 5.58. The van der Waals surface area contributed by atoms with Gasteiger partial charge in [0.25, 0.3) is 0 Å². The number of hydrogen-bond acceptors (Lipinski definition) is 7. The maximum Gasteiger partial charge on any atom is 0.247 e. The van der Waals surface area contributed by atoms with E-state index in [-0.39, 0.29) is 6.04 Å². The van der Waals surface area contributed by atoms with E-state index in [1.807, 2.05) is 42.5 Å². The lowest BCUT2D eigenvalue weighted by molar-refractivity contribution is 0.173. The smallest absolute Gasteiger partial charge is 0.247 e. The van der Waals surface area contributed by atoms with Gasteiger partial charge in [-0.15, -0.1) is 10.2 Å². The van der Waals surface area contributed by atoms with Gasteiger partial charge in [0.05, 0.1) is 18.8 Å². The summed E-state index contributed by atoms with van der Waals surface area (Å²) in [6.45, 7) is 5.47. The predicted octanol–water partition coefficient (Wildman–Crippen LogP) is 3.33. The van der Waals surface area contributed by atoms with Crippen molar-refractivity contribution in [3.63, 3.8) is 0 Å². The first-order chi connectivity index (χ1) is 13.7. The summed E-state index contributed by atoms with van der Waals surface area (Å²) in [7, 11) is 1.64. The van der Waals surface area contributed by atoms with Gasteiger partial charge in [0, 0.05) is 31.7 Å². The molecule has 1 fully saturated rings. The average Bonchev–Trinajstić information content (AvgIpc) is 3.24. The Bertz CT molecular complexity index is 917. The van der Waals surface area contributed by atoms with Crippen LogP contribution < -0.4 is 9.64 Å². The molecule has 1 aliphatic heterocycles. The van der Waals surface area contributed by atoms with Crippen LogP contribution in [0.15, 0.2) is 52.9 Å². The van der Waals surface area contributed by atoms with Crippen LogP contribution in [-0.4, -0.2) is 53.5 Å². The van der Waals surface area contributed by atoms with E-state index in [0.29, 0.717) is 17.5 Å². The lowest BCUT2D eigenvalue weighted by Gasteiger charge is -2.38. The summed E-state index contributed by atoms with van der Waals surface area (Å²) in [6.07, 6.45) is 0. The van der Waals surface area contributed by atoms with Crippen LogP contribution in [0.2, 0.25) is 0 Å². The van der Waals surface area contributed by atoms with E-state index in [1.54, 1.807) is 13.2 Å². The Morgan fingerprint density at radius 2 is 1.71 bits per heavy atom. The fraction of sp³-hybridized carbons (Fsp3) is 0.333. The molecule has 146 valence electrons. The predicted molar refractivity (Wildman–Crippen MR) is 107 cm³/mol. The second kappa shape index (κ2) is 7.90. The minimum atomic E-state index is 0.0334. The Labute approximate surface area is 164 Å². The molecular weight excluding hydrogens is 356 g/mol. The molecule has 1 N–H and O–H groups in total. The molecule has 0 unspecified atom stereocenters. The minimum absolute atomic E-state index is 0.0334. The van der Waals surface area contributed by atoms with Gasteiger partial charge < -0.3 is 19.2 Å². The summed E-state index contributed by atoms with van der Waals surface area (Å²) in [5, 5.41) is 18.5. The highest BCUT2D eigenvalue weighted by Gasteiger charge is 2.26. The molecule has 1 atom stereocenters. The van der Waals surface area contributed by atoms with Gasteiger partial charge >= 0.3 is 0 Å². The standard InChI is InChI=1S/C21H24N4O3/c1-15(20-22-23-21(28-20)16-7-9-17(27-2)10-8-16)24-11-13-25(14-12-24)18-5-3-4-6-19(18)26/h3-10,15,26H,11-14H2,1-2H3/t15-/m0/s1. The van der Waals surface area contributed by atoms with Crippen molar-refractivity contribution in [3.05, 3.63) is 54.4 Å². The number of aromatic nitrogens is 2. The van der Waals surface area contributed by atoms with Crippen molar-refractivity contribution >= 4 is 5.69 Å². The van der Waals surface area contributed by atoms with Gasteiger partial charge in [-0.2, -0.15) is 0 Å². The van der Waals surface area contributed by atoms with Crippen molar-refractivity contribution in [1.29, 1.82) is 0 Å². The summed E-state index contributed by atoms with van der Waals surface area (Å²) in [4.78, 5) is 4.52. The molecule has 0 amide bonds. The number of phenols is 1. The van der Waals surface area contributed by atoms with Crippen molar-refractivity contribution in [3.8, 4) is 23.0 Å². The number of nitrogens with zero attached hydrogens (tertiary/aromatic N) is 4. The Morgan fingerprint density at radius 1 is 1.00 bits per heavy atom. The quantitative estimate of drug-likeness (QED) is 0.728. The molecule has 7 heteroatoms. The van der Waals surface area contributed by atoms with Crippen LogP contribution in [0.5, 0.6) is 11.5 Å². The normalized spacial score (nSPS) is 16.1. The summed E-state index contributed by atoms with van der Waals surface area (Å²) < 4.78 is 11.1. The monoisotopic (exact) mass is 380 g/mol. The molecule has 3 aromatic rings. The van der Waals surface area contributed by atoms with E-state index in [4.69, 9.17) is 9.15 Å². The first-order valence-electron chi connectivity index (χ1n) is 9.40. The second-order valence-electron chi connectivity index (χ2n) is 6.86. The fourth-order valence-electron chi connectivity index (χ4n) is 3.49. The van der Waals surface area contributed by atoms with Crippen molar-refractivity contribution < 1.29 is 14.3 Å². The molecule has 1 saturated heterocycles. The Balaban J connectivity index is 1.41. The fourth-order valence-corrected chi connectivity index (χ4v) is 3.49. The lowest BCUT2D eigenvalue weighted by atomic mass is 10.2. The summed E-state index contributed by atoms with van der Waals surface area (Å²) in [5.74, 6) is 2.24. The van der Waals surface area contributed by atoms with Crippen molar-refractivity contribution in [2.75, 3.05) is 38.2 Å². The number of rotatable bonds is 5. The highest BCUT2D eigenvalue weighted by atomic mass is 16.5. The van der Waals surface area contributed by atoms with Crippen LogP contribution in [0.25, 0.3) is 11.5 Å². The Morgan fingerprint density at radius 3 is 2.39 bits per heavy atom. The number of para-hydroxylation sites is 2. The molecule has 2 aromatic carbocycles. The first-order valence-corrected chi connectivity index (χ1v) is 9.40. The van der Waals surface area contributed by atoms with Gasteiger partial charge in [0.1, 0.15) is 11.5 Å². The molecule has 0 aliphatic carbocycles. The third-order valence-corrected chi connectivity index (χ3v) is 5.22. The minimum Gasteiger partial charge on any atom is -0.506 e. The maximum absolute atomic E-state index is 10.1. The van der Waals surface area contributed by atoms with E-state index < -0.39 is 0 Å². The average molecular weight is 380 g/mol. The number of benzene rings is 2. The number of hydrogen-bond donors (Lipinski definition) is 1. The molecule has 7 nitrogen and oxygen atoms in total. The number of anilines is 1. The third-order valence-electron chi connectivity index (χ3n) is 5.22. The molecule has 2 heterocycles. The van der Waals surface area contributed by atoms with Crippen molar-refractivity contribution in [2.24, 2.45) is 0 Å². The molecule has 0 saturated carbocycles. The lowest BCUT2D eigenvalue weighted by Crippen LogP contribution is -2.47. The Hall–Kier alpha value is -3.06. The van der Waals surface area contributed by atoms with E-state index in [0.717, 1.165) is 43.2 Å². The summed E-state index contributed by atoms with van der Waals surface area (Å²) in [6, 6.07) is 15.1. The zero-order valence-electron chi connectivity index (χ0n) is 16.1. The number of methoxy groups -OCH3 is 1. The van der Waals surface area contributed by atoms with Gasteiger partial charge in [0.15, 0.2) is 0 Å². The summed E-state index contributed by atoms with van der Waals surface area (Å²) in [5.41, 5.74) is 1.76. The number of aromatic hydroxyl groups is 1. The molecule has 1 aromatic heterocycles. The van der Waals surface area contributed by atoms with Gasteiger partial charge in [-0.3, -0.25) is 4.90 Å². The van der Waals surface area contributed by atoms with E-state index >= 15 is 0 Å². The SMILES string of the molecule is COc1ccc(-c2nnc([C@H](C)N3CCN(c4ccccc4O)CC3)o2)cc1. The molecule has 0 bridgehead atoms. The van der Waals surface area contributed by atoms with Gasteiger partial charge in [-0.1, -0.05) is 12.1 Å². The molecule has 28 heavy (non-hydrogen) atoms. The topological polar surface area (TPSA) is 74.9 Å². The highest BCUT2D eigenvalue weighted by Crippen LogP contribution is 2.30. The van der Waals surface area contributed by atoms with Crippen LogP contribution in [0, 0.1) is 0 Å². The Kier molecular flexibility index (Phi) is 5.16. The third kappa shape index (κ3) is 3.66. The zero-order valence-corrected chi connectivity index (χ0v) is 16.1. The van der Waals surface area contributed by atoms with Crippen LogP contribution in [-0.2, 0) is 0 Å². The van der Waals surface area contributed by atoms with E-state index in [9.17, 15) is 5.11 Å². The van der Waals surface area contributed by atoms with Crippen LogP contribution in [0.4, 0.5) is 5.69 Å². The molecule has 1 aliphatic rings. The van der Waals surface area contributed by atoms with E-state index in [2.05, 4.69) is 26.9 Å². The number of phenolic OH excluding ortho intramolecular Hbond substituents is 1.